The van der Waals surface area contributed by atoms with Crippen molar-refractivity contribution >= 4 is 53.8 Å². The van der Waals surface area contributed by atoms with Gasteiger partial charge in [-0.3, -0.25) is 33.6 Å². The minimum atomic E-state index is -1.94. The Hall–Kier alpha value is -6.69. The normalized spacial score (nSPS) is 25.9. The van der Waals surface area contributed by atoms with Crippen molar-refractivity contribution in [2.45, 2.75) is 135 Å². The highest BCUT2D eigenvalue weighted by Crippen LogP contribution is 2.44. The summed E-state index contributed by atoms with van der Waals surface area (Å²) in [5, 5.41) is 12.6. The molecule has 0 aromatic heterocycles. The SMILES string of the molecule is CC(=O)OC[C@@H]1O[C@H](O[C@H]2[C@@H](OC(C)=O)[C@@H](OC(C)=O)[C@H](O[C@@H](C)[C@H](NC(=O)OCC3c4ccccc4-c4ccccc43)C(=O)O)O[C@H]2COC(C)=O)[C@@H](OC(C)=O)[C@H](OC(C)=O)[C@H]1OC(C)=O. The molecular weight excluding hydrogens is 906 g/mol. The molecule has 0 bridgehead atoms. The van der Waals surface area contributed by atoms with E-state index in [2.05, 4.69) is 5.32 Å². The Labute approximate surface area is 389 Å². The Balaban J connectivity index is 1.46. The fourth-order valence-corrected chi connectivity index (χ4v) is 8.02. The molecule has 2 heterocycles. The van der Waals surface area contributed by atoms with E-state index in [1.165, 1.54) is 6.92 Å². The first-order valence-corrected chi connectivity index (χ1v) is 21.2. The largest absolute Gasteiger partial charge is 0.480 e. The van der Waals surface area contributed by atoms with Crippen molar-refractivity contribution in [3.05, 3.63) is 59.7 Å². The van der Waals surface area contributed by atoms with Gasteiger partial charge in [-0.2, -0.15) is 0 Å². The fourth-order valence-electron chi connectivity index (χ4n) is 8.02. The maximum Gasteiger partial charge on any atom is 0.407 e. The van der Waals surface area contributed by atoms with Gasteiger partial charge in [0.15, 0.2) is 49.1 Å². The lowest BCUT2D eigenvalue weighted by Crippen LogP contribution is -2.67. The molecule has 2 aromatic rings. The molecule has 0 spiro atoms. The van der Waals surface area contributed by atoms with E-state index in [1.54, 1.807) is 0 Å². The highest BCUT2D eigenvalue weighted by molar-refractivity contribution is 5.81. The standard InChI is InChI=1S/C45H53NO22/c1-20(35(42(54)55)46-45(56)59-17-32-30-15-11-9-13-28(30)29-14-10-12-16-31(29)32)60-43-40(64-26(7)52)39(63-25(6)51)37(34(66-43)19-58-22(3)48)68-44-41(65-27(8)53)38(62-24(5)50)36(61-23(4)49)33(67-44)18-57-21(2)47/h9-16,20,32-41,43-44H,17-19H2,1-8H3,(H,46,56)(H,54,55)/t20-,33-,34-,35-,36-,37+,38+,39+,40+,41-,43+,44+/m0/s1. The van der Waals surface area contributed by atoms with E-state index in [1.807, 2.05) is 48.5 Å². The number of ether oxygens (including phenoxy) is 12. The number of hydrogen-bond acceptors (Lipinski definition) is 21. The monoisotopic (exact) mass is 959 g/mol. The van der Waals surface area contributed by atoms with Crippen LogP contribution in [0, 0.1) is 0 Å². The van der Waals surface area contributed by atoms with E-state index in [-0.39, 0.29) is 12.5 Å². The van der Waals surface area contributed by atoms with Crippen LogP contribution in [0.1, 0.15) is 72.4 Å². The number of esters is 7. The lowest BCUT2D eigenvalue weighted by atomic mass is 9.96. The summed E-state index contributed by atoms with van der Waals surface area (Å²) in [6.07, 6.45) is -20.3. The second-order valence-electron chi connectivity index (χ2n) is 15.8. The summed E-state index contributed by atoms with van der Waals surface area (Å²) in [5.41, 5.74) is 3.73. The quantitative estimate of drug-likeness (QED) is 0.159. The number of carbonyl (C=O) groups excluding carboxylic acids is 8. The smallest absolute Gasteiger partial charge is 0.407 e. The van der Waals surface area contributed by atoms with E-state index < -0.39 is 141 Å². The van der Waals surface area contributed by atoms with Gasteiger partial charge in [0.2, 0.25) is 0 Å². The number of amides is 1. The lowest BCUT2D eigenvalue weighted by molar-refractivity contribution is -0.364. The number of fused-ring (bicyclic) bond motifs is 3. The summed E-state index contributed by atoms with van der Waals surface area (Å²) < 4.78 is 68.3. The molecule has 2 N–H and O–H groups in total. The molecule has 3 aliphatic rings. The molecule has 1 amide bonds. The van der Waals surface area contributed by atoms with Gasteiger partial charge in [0.25, 0.3) is 0 Å². The van der Waals surface area contributed by atoms with Crippen LogP contribution in [-0.4, -0.2) is 152 Å². The van der Waals surface area contributed by atoms with Gasteiger partial charge < -0.3 is 67.3 Å². The molecular formula is C45H53NO22. The third-order valence-corrected chi connectivity index (χ3v) is 10.6. The molecule has 2 aromatic carbocycles. The van der Waals surface area contributed by atoms with Crippen LogP contribution in [0.15, 0.2) is 48.5 Å². The van der Waals surface area contributed by atoms with E-state index in [0.717, 1.165) is 70.7 Å². The molecule has 68 heavy (non-hydrogen) atoms. The molecule has 0 radical (unpaired) electrons. The number of benzene rings is 2. The molecule has 2 saturated heterocycles. The second kappa shape index (κ2) is 23.4. The van der Waals surface area contributed by atoms with Crippen LogP contribution in [0.4, 0.5) is 4.79 Å². The van der Waals surface area contributed by atoms with Crippen LogP contribution in [0.25, 0.3) is 11.1 Å². The Morgan fingerprint density at radius 3 is 1.41 bits per heavy atom. The van der Waals surface area contributed by atoms with Gasteiger partial charge in [-0.05, 0) is 29.2 Å². The number of carboxylic acids is 1. The highest BCUT2D eigenvalue weighted by atomic mass is 16.8. The van der Waals surface area contributed by atoms with Gasteiger partial charge in [0, 0.05) is 54.4 Å². The van der Waals surface area contributed by atoms with Crippen molar-refractivity contribution in [2.75, 3.05) is 19.8 Å². The van der Waals surface area contributed by atoms with Crippen molar-refractivity contribution in [1.82, 2.24) is 5.32 Å². The van der Waals surface area contributed by atoms with Gasteiger partial charge >= 0.3 is 53.8 Å². The van der Waals surface area contributed by atoms with Crippen molar-refractivity contribution < 1.29 is 105 Å². The van der Waals surface area contributed by atoms with Crippen molar-refractivity contribution in [2.24, 2.45) is 0 Å². The lowest BCUT2D eigenvalue weighted by Gasteiger charge is -2.49. The van der Waals surface area contributed by atoms with Crippen molar-refractivity contribution in [3.63, 3.8) is 0 Å². The summed E-state index contributed by atoms with van der Waals surface area (Å²) >= 11 is 0. The Bertz CT molecular complexity index is 2170. The highest BCUT2D eigenvalue weighted by Gasteiger charge is 2.58. The topological polar surface area (TPSA) is 297 Å². The number of carboxylic acid groups (broad SMARTS) is 1. The molecule has 23 heteroatoms. The maximum absolute atomic E-state index is 13.3. The minimum absolute atomic E-state index is 0.162. The van der Waals surface area contributed by atoms with E-state index in [9.17, 15) is 48.3 Å². The molecule has 1 aliphatic carbocycles. The molecule has 2 aliphatic heterocycles. The minimum Gasteiger partial charge on any atom is -0.480 e. The third kappa shape index (κ3) is 13.5. The molecule has 12 atom stereocenters. The first-order chi connectivity index (χ1) is 32.1. The number of rotatable bonds is 18. The summed E-state index contributed by atoms with van der Waals surface area (Å²) in [4.78, 5) is 113. The molecule has 2 fully saturated rings. The Morgan fingerprint density at radius 1 is 0.529 bits per heavy atom. The van der Waals surface area contributed by atoms with Gasteiger partial charge in [0.05, 0.1) is 6.10 Å². The molecule has 0 saturated carbocycles. The zero-order valence-electron chi connectivity index (χ0n) is 38.3. The number of carbonyl (C=O) groups is 9. The Morgan fingerprint density at radius 2 is 0.941 bits per heavy atom. The Kier molecular flexibility index (Phi) is 18.0. The molecule has 0 unspecified atom stereocenters. The van der Waals surface area contributed by atoms with Gasteiger partial charge in [0.1, 0.15) is 38.1 Å². The predicted octanol–water partition coefficient (Wildman–Crippen LogP) is 2.00. The maximum atomic E-state index is 13.3. The number of nitrogens with one attached hydrogen (secondary N) is 1. The zero-order chi connectivity index (χ0) is 50.0. The van der Waals surface area contributed by atoms with Gasteiger partial charge in [-0.25, -0.2) is 9.59 Å². The summed E-state index contributed by atoms with van der Waals surface area (Å²) in [7, 11) is 0. The molecule has 23 nitrogen and oxygen atoms in total. The number of alkyl carbamates (subject to hydrolysis) is 1. The van der Waals surface area contributed by atoms with Crippen molar-refractivity contribution in [1.29, 1.82) is 0 Å². The van der Waals surface area contributed by atoms with Crippen LogP contribution in [0.2, 0.25) is 0 Å². The van der Waals surface area contributed by atoms with Crippen LogP contribution in [0.5, 0.6) is 0 Å². The number of aliphatic carboxylic acids is 1. The third-order valence-electron chi connectivity index (χ3n) is 10.6. The van der Waals surface area contributed by atoms with Crippen LogP contribution >= 0.6 is 0 Å². The first kappa shape index (κ1) is 52.3. The first-order valence-electron chi connectivity index (χ1n) is 21.2. The number of hydrogen-bond donors (Lipinski definition) is 2. The van der Waals surface area contributed by atoms with E-state index >= 15 is 0 Å². The molecule has 370 valence electrons. The van der Waals surface area contributed by atoms with Crippen molar-refractivity contribution in [3.8, 4) is 11.1 Å². The van der Waals surface area contributed by atoms with E-state index in [4.69, 9.17) is 56.8 Å². The zero-order valence-corrected chi connectivity index (χ0v) is 38.3. The van der Waals surface area contributed by atoms with E-state index in [0.29, 0.717) is 0 Å². The summed E-state index contributed by atoms with van der Waals surface area (Å²) in [6.45, 7) is 6.75. The van der Waals surface area contributed by atoms with Crippen LogP contribution in [0.3, 0.4) is 0 Å². The average molecular weight is 960 g/mol. The van der Waals surface area contributed by atoms with Gasteiger partial charge in [-0.1, -0.05) is 48.5 Å². The fraction of sp³-hybridized carbons (Fsp3) is 0.533. The van der Waals surface area contributed by atoms with Gasteiger partial charge in [-0.15, -0.1) is 0 Å². The van der Waals surface area contributed by atoms with Crippen LogP contribution in [-0.2, 0) is 95.2 Å². The van der Waals surface area contributed by atoms with Crippen LogP contribution < -0.4 is 5.32 Å². The summed E-state index contributed by atoms with van der Waals surface area (Å²) in [6, 6.07) is 13.3. The predicted molar refractivity (Wildman–Crippen MR) is 223 cm³/mol. The average Bonchev–Trinajstić information content (AvgIpc) is 3.57. The summed E-state index contributed by atoms with van der Waals surface area (Å²) in [5.74, 6) is -8.49. The molecule has 5 rings (SSSR count). The second-order valence-corrected chi connectivity index (χ2v) is 15.8.